The summed E-state index contributed by atoms with van der Waals surface area (Å²) in [5, 5.41) is 12.4. The number of ether oxygens (including phenoxy) is 1. The smallest absolute Gasteiger partial charge is 0.356 e. The van der Waals surface area contributed by atoms with Crippen LogP contribution in [0.2, 0.25) is 0 Å². The van der Waals surface area contributed by atoms with Gasteiger partial charge in [0.2, 0.25) is 5.88 Å². The first-order valence-electron chi connectivity index (χ1n) is 3.88. The lowest BCUT2D eigenvalue weighted by Crippen LogP contribution is -2.25. The molecule has 2 heterocycles. The number of nitrogens with zero attached hydrogens (tertiary/aromatic N) is 2. The first-order chi connectivity index (χ1) is 6.20. The molecule has 6 nitrogen and oxygen atoms in total. The highest BCUT2D eigenvalue weighted by Gasteiger charge is 2.25. The number of carboxylic acids is 1. The van der Waals surface area contributed by atoms with Crippen LogP contribution >= 0.6 is 0 Å². The summed E-state index contributed by atoms with van der Waals surface area (Å²) in [5.74, 6) is -0.567. The second kappa shape index (κ2) is 2.74. The van der Waals surface area contributed by atoms with Crippen LogP contribution in [0.1, 0.15) is 10.5 Å². The highest BCUT2D eigenvalue weighted by atomic mass is 16.5. The van der Waals surface area contributed by atoms with Crippen molar-refractivity contribution < 1.29 is 14.6 Å². The molecule has 0 saturated heterocycles. The molecule has 1 aliphatic heterocycles. The minimum Gasteiger partial charge on any atom is -0.476 e. The molecule has 1 aromatic heterocycles. The van der Waals surface area contributed by atoms with E-state index in [0.29, 0.717) is 19.0 Å². The third kappa shape index (κ3) is 1.25. The van der Waals surface area contributed by atoms with Gasteiger partial charge in [-0.1, -0.05) is 0 Å². The van der Waals surface area contributed by atoms with Gasteiger partial charge in [0, 0.05) is 12.6 Å². The van der Waals surface area contributed by atoms with Crippen LogP contribution < -0.4 is 10.5 Å². The predicted octanol–water partition coefficient (Wildman–Crippen LogP) is -0.699. The standard InChI is InChI=1S/C7H9N3O3/c8-2-4-3-10-6(13-4)1-5(9-10)7(11)12/h1,4H,2-3,8H2,(H,11,12). The Labute approximate surface area is 73.9 Å². The summed E-state index contributed by atoms with van der Waals surface area (Å²) in [6, 6.07) is 1.40. The van der Waals surface area contributed by atoms with Gasteiger partial charge in [-0.25, -0.2) is 9.48 Å². The van der Waals surface area contributed by atoms with Crippen molar-refractivity contribution in [3.63, 3.8) is 0 Å². The molecule has 1 unspecified atom stereocenters. The fraction of sp³-hybridized carbons (Fsp3) is 0.429. The quantitative estimate of drug-likeness (QED) is 0.632. The SMILES string of the molecule is NCC1Cn2nc(C(=O)O)cc2O1. The lowest BCUT2D eigenvalue weighted by atomic mass is 10.4. The average molecular weight is 183 g/mol. The minimum absolute atomic E-state index is 0.00507. The number of fused-ring (bicyclic) bond motifs is 1. The zero-order valence-corrected chi connectivity index (χ0v) is 6.80. The Balaban J connectivity index is 2.23. The van der Waals surface area contributed by atoms with Crippen LogP contribution in [-0.2, 0) is 6.54 Å². The molecule has 1 aliphatic rings. The molecule has 3 N–H and O–H groups in total. The molecule has 1 atom stereocenters. The molecule has 0 radical (unpaired) electrons. The fourth-order valence-corrected chi connectivity index (χ4v) is 1.25. The fourth-order valence-electron chi connectivity index (χ4n) is 1.25. The van der Waals surface area contributed by atoms with E-state index in [2.05, 4.69) is 5.10 Å². The molecule has 0 amide bonds. The Bertz CT molecular complexity index is 323. The Morgan fingerprint density at radius 3 is 3.23 bits per heavy atom. The molecular weight excluding hydrogens is 174 g/mol. The Morgan fingerprint density at radius 2 is 2.69 bits per heavy atom. The molecule has 0 bridgehead atoms. The number of carbonyl (C=O) groups is 1. The van der Waals surface area contributed by atoms with Crippen molar-refractivity contribution in [2.45, 2.75) is 12.6 Å². The van der Waals surface area contributed by atoms with Crippen LogP contribution in [0.5, 0.6) is 5.88 Å². The Morgan fingerprint density at radius 1 is 1.92 bits per heavy atom. The van der Waals surface area contributed by atoms with Crippen LogP contribution in [-0.4, -0.2) is 33.5 Å². The van der Waals surface area contributed by atoms with E-state index in [4.69, 9.17) is 15.6 Å². The number of aromatic nitrogens is 2. The van der Waals surface area contributed by atoms with E-state index in [0.717, 1.165) is 0 Å². The van der Waals surface area contributed by atoms with Gasteiger partial charge in [0.15, 0.2) is 5.69 Å². The summed E-state index contributed by atoms with van der Waals surface area (Å²) in [7, 11) is 0. The molecule has 0 aromatic carbocycles. The maximum absolute atomic E-state index is 10.5. The highest BCUT2D eigenvalue weighted by molar-refractivity contribution is 5.85. The second-order valence-corrected chi connectivity index (χ2v) is 2.83. The largest absolute Gasteiger partial charge is 0.476 e. The van der Waals surface area contributed by atoms with Crippen LogP contribution in [0, 0.1) is 0 Å². The molecule has 0 fully saturated rings. The monoisotopic (exact) mass is 183 g/mol. The molecule has 13 heavy (non-hydrogen) atoms. The number of hydrogen-bond donors (Lipinski definition) is 2. The number of nitrogens with two attached hydrogens (primary N) is 1. The van der Waals surface area contributed by atoms with Crippen LogP contribution in [0.15, 0.2) is 6.07 Å². The van der Waals surface area contributed by atoms with Gasteiger partial charge in [-0.2, -0.15) is 5.10 Å². The Hall–Kier alpha value is -1.56. The number of aromatic carboxylic acids is 1. The van der Waals surface area contributed by atoms with Gasteiger partial charge in [0.1, 0.15) is 6.10 Å². The van der Waals surface area contributed by atoms with Gasteiger partial charge in [-0.15, -0.1) is 0 Å². The van der Waals surface area contributed by atoms with Gasteiger partial charge in [-0.3, -0.25) is 0 Å². The molecule has 1 aromatic rings. The molecule has 6 heteroatoms. The van der Waals surface area contributed by atoms with E-state index < -0.39 is 5.97 Å². The molecule has 0 aliphatic carbocycles. The summed E-state index contributed by atoms with van der Waals surface area (Å²) < 4.78 is 6.81. The van der Waals surface area contributed by atoms with Gasteiger partial charge < -0.3 is 15.6 Å². The summed E-state index contributed by atoms with van der Waals surface area (Å²) in [5.41, 5.74) is 5.39. The Kier molecular flexibility index (Phi) is 1.70. The summed E-state index contributed by atoms with van der Waals surface area (Å²) in [6.07, 6.45) is -0.0784. The molecular formula is C7H9N3O3. The van der Waals surface area contributed by atoms with Crippen LogP contribution in [0.3, 0.4) is 0 Å². The first-order valence-corrected chi connectivity index (χ1v) is 3.88. The maximum atomic E-state index is 10.5. The number of carboxylic acid groups (broad SMARTS) is 1. The van der Waals surface area contributed by atoms with Gasteiger partial charge >= 0.3 is 5.97 Å². The van der Waals surface area contributed by atoms with E-state index in [-0.39, 0.29) is 11.8 Å². The van der Waals surface area contributed by atoms with Crippen LogP contribution in [0.4, 0.5) is 0 Å². The molecule has 0 saturated carbocycles. The number of rotatable bonds is 2. The van der Waals surface area contributed by atoms with Gasteiger partial charge in [0.05, 0.1) is 6.54 Å². The van der Waals surface area contributed by atoms with Crippen molar-refractivity contribution in [1.29, 1.82) is 0 Å². The maximum Gasteiger partial charge on any atom is 0.356 e. The lowest BCUT2D eigenvalue weighted by molar-refractivity contribution is 0.0688. The summed E-state index contributed by atoms with van der Waals surface area (Å²) >= 11 is 0. The van der Waals surface area contributed by atoms with E-state index in [1.54, 1.807) is 0 Å². The molecule has 70 valence electrons. The highest BCUT2D eigenvalue weighted by Crippen LogP contribution is 2.21. The topological polar surface area (TPSA) is 90.4 Å². The van der Waals surface area contributed by atoms with E-state index in [9.17, 15) is 4.79 Å². The summed E-state index contributed by atoms with van der Waals surface area (Å²) in [6.45, 7) is 0.935. The van der Waals surface area contributed by atoms with Crippen molar-refractivity contribution in [1.82, 2.24) is 9.78 Å². The third-order valence-corrected chi connectivity index (χ3v) is 1.89. The summed E-state index contributed by atoms with van der Waals surface area (Å²) in [4.78, 5) is 10.5. The van der Waals surface area contributed by atoms with E-state index in [1.807, 2.05) is 0 Å². The molecule has 2 rings (SSSR count). The predicted molar refractivity (Wildman–Crippen MR) is 42.7 cm³/mol. The zero-order valence-electron chi connectivity index (χ0n) is 6.80. The molecule has 0 spiro atoms. The second-order valence-electron chi connectivity index (χ2n) is 2.83. The van der Waals surface area contributed by atoms with Gasteiger partial charge in [0.25, 0.3) is 0 Å². The number of hydrogen-bond acceptors (Lipinski definition) is 4. The zero-order chi connectivity index (χ0) is 9.42. The van der Waals surface area contributed by atoms with Crippen molar-refractivity contribution in [3.8, 4) is 5.88 Å². The van der Waals surface area contributed by atoms with Crippen molar-refractivity contribution >= 4 is 5.97 Å². The van der Waals surface area contributed by atoms with Crippen LogP contribution in [0.25, 0.3) is 0 Å². The third-order valence-electron chi connectivity index (χ3n) is 1.89. The van der Waals surface area contributed by atoms with E-state index in [1.165, 1.54) is 10.7 Å². The minimum atomic E-state index is -1.05. The van der Waals surface area contributed by atoms with Crippen molar-refractivity contribution in [2.24, 2.45) is 5.73 Å². The van der Waals surface area contributed by atoms with E-state index >= 15 is 0 Å². The lowest BCUT2D eigenvalue weighted by Gasteiger charge is -2.03. The first kappa shape index (κ1) is 8.06. The van der Waals surface area contributed by atoms with Crippen molar-refractivity contribution in [3.05, 3.63) is 11.8 Å². The average Bonchev–Trinajstić information content (AvgIpc) is 2.58. The van der Waals surface area contributed by atoms with Gasteiger partial charge in [-0.05, 0) is 0 Å². The van der Waals surface area contributed by atoms with Crippen molar-refractivity contribution in [2.75, 3.05) is 6.54 Å². The normalized spacial score (nSPS) is 19.6.